The van der Waals surface area contributed by atoms with Gasteiger partial charge in [0.2, 0.25) is 0 Å². The Morgan fingerprint density at radius 2 is 0.424 bits per heavy atom. The van der Waals surface area contributed by atoms with Crippen molar-refractivity contribution in [3.05, 3.63) is 490 Å². The van der Waals surface area contributed by atoms with E-state index in [0.717, 1.165) is 83.5 Å². The molecule has 9 nitrogen and oxygen atoms in total. The number of aromatic nitrogens is 9. The van der Waals surface area contributed by atoms with Crippen molar-refractivity contribution in [2.24, 2.45) is 0 Å². The lowest BCUT2D eigenvalue weighted by Gasteiger charge is -2.21. The third kappa shape index (κ3) is 16.3. The molecule has 1 aliphatic carbocycles. The van der Waals surface area contributed by atoms with E-state index in [1.807, 2.05) is 149 Å². The van der Waals surface area contributed by atoms with Gasteiger partial charge in [0.1, 0.15) is 0 Å². The SMILES string of the molecule is CC1(C)c2ccccc2-c2ccc(-c3nc(-c4ccccc4)nc(-c4cccc(-c5ccc6ccc7sc8ccccc8c7c6c5)c4)n3)cc21.c1ccc(-c2ccc(-c3nc(-c4ccccc4)nc(-c4cccc(-c5ccc6c(ccc7sc8ccccc8c76)c5)c4)n3)cc2)cc1.c1ccc(-c2nc(-c3ccccc3)nc(-c3cccc(-c4cccc(-c5cccc6c5ccc5sc7ccccc7c56)c4)c3)n2)cc1. The summed E-state index contributed by atoms with van der Waals surface area (Å²) in [6.07, 6.45) is 0. The molecule has 12 heteroatoms. The highest BCUT2D eigenvalue weighted by molar-refractivity contribution is 7.27. The number of thiophene rings is 3. The summed E-state index contributed by atoms with van der Waals surface area (Å²) in [4.78, 5) is 45.0. The summed E-state index contributed by atoms with van der Waals surface area (Å²) >= 11 is 5.58. The van der Waals surface area contributed by atoms with E-state index < -0.39 is 0 Å². The van der Waals surface area contributed by atoms with E-state index in [0.29, 0.717) is 52.4 Å². The van der Waals surface area contributed by atoms with Crippen LogP contribution >= 0.6 is 34.0 Å². The first kappa shape index (κ1) is 86.4. The van der Waals surface area contributed by atoms with Gasteiger partial charge in [-0.15, -0.1) is 34.0 Å². The van der Waals surface area contributed by atoms with Crippen LogP contribution in [0.3, 0.4) is 0 Å². The molecule has 0 spiro atoms. The molecule has 0 unspecified atom stereocenters. The summed E-state index contributed by atoms with van der Waals surface area (Å²) in [5.74, 6) is 5.91. The van der Waals surface area contributed by atoms with Crippen LogP contribution in [0.5, 0.6) is 0 Å². The maximum absolute atomic E-state index is 5.15. The Bertz CT molecular complexity index is 9630. The van der Waals surface area contributed by atoms with Crippen molar-refractivity contribution in [1.29, 1.82) is 0 Å². The molecule has 21 aromatic carbocycles. The second-order valence-corrected chi connectivity index (χ2v) is 40.2. The van der Waals surface area contributed by atoms with Crippen molar-refractivity contribution < 1.29 is 0 Å². The molecule has 0 atom stereocenters. The fraction of sp³-hybridized carbons (Fsp3) is 0.0227. The Morgan fingerprint density at radius 3 is 0.903 bits per heavy atom. The zero-order valence-corrected chi connectivity index (χ0v) is 80.8. The molecule has 6 heterocycles. The quantitative estimate of drug-likeness (QED) is 0.105. The Balaban J connectivity index is 0.000000110. The molecular weight excluding hydrogens is 1810 g/mol. The van der Waals surface area contributed by atoms with Gasteiger partial charge in [0, 0.05) is 116 Å². The van der Waals surface area contributed by atoms with Crippen molar-refractivity contribution >= 4 is 127 Å². The third-order valence-electron chi connectivity index (χ3n) is 27.8. The van der Waals surface area contributed by atoms with Gasteiger partial charge in [-0.25, -0.2) is 44.9 Å². The molecule has 0 bridgehead atoms. The Hall–Kier alpha value is -17.9. The first-order valence-electron chi connectivity index (χ1n) is 48.4. The van der Waals surface area contributed by atoms with Crippen molar-refractivity contribution in [3.63, 3.8) is 0 Å². The molecule has 0 amide bonds. The number of hydrogen-bond acceptors (Lipinski definition) is 12. The van der Waals surface area contributed by atoms with Crippen molar-refractivity contribution in [1.82, 2.24) is 44.9 Å². The van der Waals surface area contributed by atoms with Crippen LogP contribution in [-0.2, 0) is 5.41 Å². The van der Waals surface area contributed by atoms with E-state index in [9.17, 15) is 0 Å². The van der Waals surface area contributed by atoms with Crippen LogP contribution < -0.4 is 0 Å². The van der Waals surface area contributed by atoms with Gasteiger partial charge in [-0.2, -0.15) is 0 Å². The summed E-state index contributed by atoms with van der Waals surface area (Å²) in [5, 5.41) is 15.6. The van der Waals surface area contributed by atoms with Gasteiger partial charge in [0.05, 0.1) is 0 Å². The first-order valence-corrected chi connectivity index (χ1v) is 50.9. The molecule has 0 radical (unpaired) electrons. The minimum atomic E-state index is -0.116. The second kappa shape index (κ2) is 36.7. The minimum absolute atomic E-state index is 0.116. The number of rotatable bonds is 14. The predicted molar refractivity (Wildman–Crippen MR) is 604 cm³/mol. The summed E-state index contributed by atoms with van der Waals surface area (Å²) in [6, 6.07) is 169. The summed E-state index contributed by atoms with van der Waals surface area (Å²) in [5.41, 5.74) is 25.3. The monoisotopic (exact) mass is 1890 g/mol. The Labute approximate surface area is 844 Å². The Kier molecular flexibility index (Phi) is 22.0. The van der Waals surface area contributed by atoms with Crippen LogP contribution in [0.2, 0.25) is 0 Å². The smallest absolute Gasteiger partial charge is 0.164 e. The van der Waals surface area contributed by atoms with Crippen molar-refractivity contribution in [2.75, 3.05) is 0 Å². The highest BCUT2D eigenvalue weighted by atomic mass is 32.1. The molecular formula is C132H85N9S3. The fourth-order valence-electron chi connectivity index (χ4n) is 20.6. The van der Waals surface area contributed by atoms with Crippen LogP contribution in [0.1, 0.15) is 25.0 Å². The number of nitrogens with zero attached hydrogens (tertiary/aromatic N) is 9. The Morgan fingerprint density at radius 1 is 0.146 bits per heavy atom. The minimum Gasteiger partial charge on any atom is -0.208 e. The number of benzene rings is 21. The van der Waals surface area contributed by atoms with Gasteiger partial charge >= 0.3 is 0 Å². The summed E-state index contributed by atoms with van der Waals surface area (Å²) in [6.45, 7) is 4.61. The van der Waals surface area contributed by atoms with Gasteiger partial charge in [-0.1, -0.05) is 414 Å². The molecule has 1 aliphatic rings. The molecule has 6 aromatic heterocycles. The van der Waals surface area contributed by atoms with Gasteiger partial charge in [-0.05, 0) is 189 Å². The van der Waals surface area contributed by atoms with Crippen LogP contribution in [-0.4, -0.2) is 44.9 Å². The van der Waals surface area contributed by atoms with E-state index in [1.165, 1.54) is 137 Å². The van der Waals surface area contributed by atoms with E-state index >= 15 is 0 Å². The molecule has 676 valence electrons. The molecule has 0 saturated heterocycles. The van der Waals surface area contributed by atoms with Gasteiger partial charge in [-0.3, -0.25) is 0 Å². The van der Waals surface area contributed by atoms with E-state index in [-0.39, 0.29) is 5.41 Å². The maximum Gasteiger partial charge on any atom is 0.164 e. The number of fused-ring (bicyclic) bond motifs is 18. The zero-order valence-electron chi connectivity index (χ0n) is 78.4. The van der Waals surface area contributed by atoms with Crippen LogP contribution in [0, 0.1) is 0 Å². The zero-order chi connectivity index (χ0) is 95.7. The molecule has 0 aliphatic heterocycles. The summed E-state index contributed by atoms with van der Waals surface area (Å²) < 4.78 is 7.93. The predicted octanol–water partition coefficient (Wildman–Crippen LogP) is 35.8. The average molecular weight is 1890 g/mol. The van der Waals surface area contributed by atoms with Gasteiger partial charge in [0.15, 0.2) is 52.4 Å². The lowest BCUT2D eigenvalue weighted by Crippen LogP contribution is -2.15. The van der Waals surface area contributed by atoms with Gasteiger partial charge < -0.3 is 0 Å². The molecule has 27 aromatic rings. The molecule has 144 heavy (non-hydrogen) atoms. The molecule has 28 rings (SSSR count). The molecule has 0 saturated carbocycles. The number of hydrogen-bond donors (Lipinski definition) is 0. The van der Waals surface area contributed by atoms with Crippen molar-refractivity contribution in [3.8, 4) is 169 Å². The van der Waals surface area contributed by atoms with Gasteiger partial charge in [0.25, 0.3) is 0 Å². The van der Waals surface area contributed by atoms with E-state index in [1.54, 1.807) is 0 Å². The lowest BCUT2D eigenvalue weighted by atomic mass is 9.82. The highest BCUT2D eigenvalue weighted by Gasteiger charge is 2.36. The fourth-order valence-corrected chi connectivity index (χ4v) is 24.0. The van der Waals surface area contributed by atoms with Crippen LogP contribution in [0.4, 0.5) is 0 Å². The third-order valence-corrected chi connectivity index (χ3v) is 31.2. The largest absolute Gasteiger partial charge is 0.208 e. The highest BCUT2D eigenvalue weighted by Crippen LogP contribution is 2.51. The van der Waals surface area contributed by atoms with Crippen molar-refractivity contribution in [2.45, 2.75) is 19.3 Å². The maximum atomic E-state index is 5.15. The molecule has 0 fully saturated rings. The van der Waals surface area contributed by atoms with E-state index in [4.69, 9.17) is 44.9 Å². The normalized spacial score (nSPS) is 12.0. The van der Waals surface area contributed by atoms with Crippen LogP contribution in [0.15, 0.2) is 479 Å². The topological polar surface area (TPSA) is 116 Å². The average Bonchev–Trinajstić information content (AvgIpc) is 1.58. The second-order valence-electron chi connectivity index (χ2n) is 37.0. The lowest BCUT2D eigenvalue weighted by molar-refractivity contribution is 0.660. The van der Waals surface area contributed by atoms with Crippen LogP contribution in [0.25, 0.3) is 262 Å². The summed E-state index contributed by atoms with van der Waals surface area (Å²) in [7, 11) is 0. The molecule has 0 N–H and O–H groups in total. The van der Waals surface area contributed by atoms with E-state index in [2.05, 4.69) is 378 Å². The first-order chi connectivity index (χ1) is 71.1. The standard InChI is InChI=1S/C46H31N3S.2C43H27N3S/c1-46(2)38-17-8-6-15-34(38)35-23-21-33(27-39(35)46)45-48-43(29-11-4-3-5-12-29)47-44(49-45)32-14-10-13-30(25-32)31-20-19-28-22-24-41-42(37(28)26-31)36-16-7-9-18-40(36)50-41;1-3-12-28(13-4-1)41-44-42(29-14-5-2-6-15-29)46-43(45-41)33-19-10-17-31(27-33)30-16-9-18-32(26-30)34-21-11-22-36-35(34)24-25-39-40(36)37-20-7-8-23-38(37)47-39;1-3-10-28(11-4-1)29-18-20-31(21-19-29)42-44-41(30-12-5-2-6-13-30)45-43(46-42)35-15-9-14-32(27-35)33-22-24-36-34(26-33)23-25-39-40(36)37-16-7-8-17-38(37)47-39/h3-27H,1-2H3;2*1-27H.